The summed E-state index contributed by atoms with van der Waals surface area (Å²) in [5, 5.41) is 0. The zero-order valence-electron chi connectivity index (χ0n) is 12.9. The Hall–Kier alpha value is -0.700. The van der Waals surface area contributed by atoms with E-state index < -0.39 is 10.0 Å². The lowest BCUT2D eigenvalue weighted by molar-refractivity contribution is -0.138. The van der Waals surface area contributed by atoms with Gasteiger partial charge in [0.05, 0.1) is 38.6 Å². The van der Waals surface area contributed by atoms with E-state index in [1.807, 2.05) is 4.90 Å². The second-order valence-electron chi connectivity index (χ2n) is 6.40. The Bertz CT molecular complexity index is 517. The lowest BCUT2D eigenvalue weighted by Gasteiger charge is -2.34. The molecule has 0 radical (unpaired) electrons. The van der Waals surface area contributed by atoms with Crippen LogP contribution in [-0.4, -0.2) is 81.9 Å². The molecule has 3 heterocycles. The molecule has 3 fully saturated rings. The van der Waals surface area contributed by atoms with Crippen molar-refractivity contribution in [3.8, 4) is 0 Å². The highest BCUT2D eigenvalue weighted by atomic mass is 32.2. The first-order valence-electron chi connectivity index (χ1n) is 7.87. The maximum absolute atomic E-state index is 12.3. The number of hydrogen-bond donors (Lipinski definition) is 0. The quantitative estimate of drug-likeness (QED) is 0.698. The third-order valence-corrected chi connectivity index (χ3v) is 6.24. The number of piperidine rings is 1. The van der Waals surface area contributed by atoms with Crippen LogP contribution in [0.3, 0.4) is 0 Å². The summed E-state index contributed by atoms with van der Waals surface area (Å²) in [4.78, 5) is 14.2. The Balaban J connectivity index is 1.56. The number of ether oxygens (including phenoxy) is 2. The highest BCUT2D eigenvalue weighted by Crippen LogP contribution is 2.36. The van der Waals surface area contributed by atoms with Crippen LogP contribution >= 0.6 is 0 Å². The molecule has 3 rings (SSSR count). The van der Waals surface area contributed by atoms with Crippen molar-refractivity contribution < 1.29 is 22.7 Å². The van der Waals surface area contributed by atoms with Crippen LogP contribution in [0.25, 0.3) is 0 Å². The number of morpholine rings is 1. The van der Waals surface area contributed by atoms with Crippen molar-refractivity contribution in [2.45, 2.75) is 18.9 Å². The van der Waals surface area contributed by atoms with Gasteiger partial charge in [-0.2, -0.15) is 0 Å². The molecule has 0 aliphatic carbocycles. The molecule has 7 nitrogen and oxygen atoms in total. The van der Waals surface area contributed by atoms with Crippen molar-refractivity contribution in [3.05, 3.63) is 0 Å². The van der Waals surface area contributed by atoms with Gasteiger partial charge in [-0.15, -0.1) is 0 Å². The van der Waals surface area contributed by atoms with Gasteiger partial charge in [-0.1, -0.05) is 0 Å². The highest BCUT2D eigenvalue weighted by molar-refractivity contribution is 7.88. The number of nitrogens with zero attached hydrogens (tertiary/aromatic N) is 2. The molecular formula is C14H24N2O5S. The maximum Gasteiger partial charge on any atom is 0.225 e. The number of hydrogen-bond acceptors (Lipinski definition) is 5. The standard InChI is InChI=1S/C14H24N2O5S/c1-22(18,19)16-3-2-12-11(9-16)10-21-13(12)8-14(17)15-4-6-20-7-5-15/h11-13H,2-10H2,1H3/t11-,12-,13-/m1/s1. The molecule has 0 N–H and O–H groups in total. The van der Waals surface area contributed by atoms with E-state index >= 15 is 0 Å². The Morgan fingerprint density at radius 2 is 1.95 bits per heavy atom. The van der Waals surface area contributed by atoms with Crippen molar-refractivity contribution in [3.63, 3.8) is 0 Å². The Morgan fingerprint density at radius 3 is 2.64 bits per heavy atom. The molecule has 3 saturated heterocycles. The lowest BCUT2D eigenvalue weighted by atomic mass is 9.84. The van der Waals surface area contributed by atoms with Gasteiger partial charge in [0.25, 0.3) is 0 Å². The summed E-state index contributed by atoms with van der Waals surface area (Å²) in [6, 6.07) is 0. The molecule has 3 atom stereocenters. The Kier molecular flexibility index (Phi) is 4.72. The van der Waals surface area contributed by atoms with Crippen LogP contribution in [-0.2, 0) is 24.3 Å². The van der Waals surface area contributed by atoms with Crippen LogP contribution in [0.1, 0.15) is 12.8 Å². The topological polar surface area (TPSA) is 76.2 Å². The normalized spacial score (nSPS) is 33.7. The van der Waals surface area contributed by atoms with Crippen LogP contribution in [0.15, 0.2) is 0 Å². The predicted octanol–water partition coefficient (Wildman–Crippen LogP) is -0.468. The van der Waals surface area contributed by atoms with E-state index in [1.54, 1.807) is 0 Å². The molecule has 0 aromatic heterocycles. The number of fused-ring (bicyclic) bond motifs is 1. The molecule has 1 amide bonds. The van der Waals surface area contributed by atoms with Crippen LogP contribution < -0.4 is 0 Å². The molecule has 0 spiro atoms. The fourth-order valence-corrected chi connectivity index (χ4v) is 4.58. The molecule has 126 valence electrons. The summed E-state index contributed by atoms with van der Waals surface area (Å²) >= 11 is 0. The maximum atomic E-state index is 12.3. The van der Waals surface area contributed by atoms with Crippen LogP contribution in [0.5, 0.6) is 0 Å². The second kappa shape index (κ2) is 6.43. The lowest BCUT2D eigenvalue weighted by Crippen LogP contribution is -2.45. The minimum Gasteiger partial charge on any atom is -0.378 e. The van der Waals surface area contributed by atoms with E-state index in [2.05, 4.69) is 0 Å². The molecule has 0 aromatic carbocycles. The van der Waals surface area contributed by atoms with Gasteiger partial charge in [0, 0.05) is 32.1 Å². The monoisotopic (exact) mass is 332 g/mol. The smallest absolute Gasteiger partial charge is 0.225 e. The SMILES string of the molecule is CS(=O)(=O)N1CC[C@@H]2[C@@H](CO[C@@H]2CC(=O)N2CCOCC2)C1. The molecule has 3 aliphatic heterocycles. The predicted molar refractivity (Wildman–Crippen MR) is 79.8 cm³/mol. The Labute approximate surface area is 131 Å². The second-order valence-corrected chi connectivity index (χ2v) is 8.39. The molecule has 0 saturated carbocycles. The van der Waals surface area contributed by atoms with E-state index in [4.69, 9.17) is 9.47 Å². The third kappa shape index (κ3) is 3.45. The van der Waals surface area contributed by atoms with Gasteiger partial charge in [0.2, 0.25) is 15.9 Å². The average Bonchev–Trinajstić information content (AvgIpc) is 2.89. The summed E-state index contributed by atoms with van der Waals surface area (Å²) < 4.78 is 35.9. The summed E-state index contributed by atoms with van der Waals surface area (Å²) in [5.74, 6) is 0.633. The van der Waals surface area contributed by atoms with Crippen molar-refractivity contribution >= 4 is 15.9 Å². The number of carbonyl (C=O) groups excluding carboxylic acids is 1. The number of sulfonamides is 1. The molecule has 0 aromatic rings. The van der Waals surface area contributed by atoms with E-state index in [9.17, 15) is 13.2 Å². The summed E-state index contributed by atoms with van der Waals surface area (Å²) in [6.07, 6.45) is 2.36. The highest BCUT2D eigenvalue weighted by Gasteiger charge is 2.43. The largest absolute Gasteiger partial charge is 0.378 e. The van der Waals surface area contributed by atoms with Gasteiger partial charge < -0.3 is 14.4 Å². The van der Waals surface area contributed by atoms with E-state index in [0.29, 0.717) is 58.3 Å². The summed E-state index contributed by atoms with van der Waals surface area (Å²) in [7, 11) is -3.13. The van der Waals surface area contributed by atoms with Gasteiger partial charge in [-0.05, 0) is 12.3 Å². The molecular weight excluding hydrogens is 308 g/mol. The van der Waals surface area contributed by atoms with Crippen molar-refractivity contribution in [1.29, 1.82) is 0 Å². The van der Waals surface area contributed by atoms with Gasteiger partial charge in [-0.25, -0.2) is 12.7 Å². The van der Waals surface area contributed by atoms with Crippen molar-refractivity contribution in [2.75, 3.05) is 52.3 Å². The van der Waals surface area contributed by atoms with Gasteiger partial charge in [0.15, 0.2) is 0 Å². The molecule has 3 aliphatic rings. The van der Waals surface area contributed by atoms with Gasteiger partial charge >= 0.3 is 0 Å². The van der Waals surface area contributed by atoms with Gasteiger partial charge in [-0.3, -0.25) is 4.79 Å². The fraction of sp³-hybridized carbons (Fsp3) is 0.929. The van der Waals surface area contributed by atoms with Gasteiger partial charge in [0.1, 0.15) is 0 Å². The fourth-order valence-electron chi connectivity index (χ4n) is 3.68. The zero-order chi connectivity index (χ0) is 15.7. The van der Waals surface area contributed by atoms with Crippen LogP contribution in [0.4, 0.5) is 0 Å². The molecule has 22 heavy (non-hydrogen) atoms. The van der Waals surface area contributed by atoms with Crippen molar-refractivity contribution in [1.82, 2.24) is 9.21 Å². The van der Waals surface area contributed by atoms with Crippen LogP contribution in [0, 0.1) is 11.8 Å². The first kappa shape index (κ1) is 16.2. The van der Waals surface area contributed by atoms with Crippen LogP contribution in [0.2, 0.25) is 0 Å². The first-order valence-corrected chi connectivity index (χ1v) is 9.72. The zero-order valence-corrected chi connectivity index (χ0v) is 13.8. The molecule has 0 unspecified atom stereocenters. The Morgan fingerprint density at radius 1 is 1.23 bits per heavy atom. The minimum atomic E-state index is -3.13. The van der Waals surface area contributed by atoms with E-state index in [0.717, 1.165) is 6.42 Å². The minimum absolute atomic E-state index is 0.0675. The average molecular weight is 332 g/mol. The van der Waals surface area contributed by atoms with E-state index in [-0.39, 0.29) is 17.9 Å². The van der Waals surface area contributed by atoms with Crippen molar-refractivity contribution in [2.24, 2.45) is 11.8 Å². The first-order chi connectivity index (χ1) is 10.4. The molecule has 8 heteroatoms. The molecule has 0 bridgehead atoms. The summed E-state index contributed by atoms with van der Waals surface area (Å²) in [6.45, 7) is 4.12. The third-order valence-electron chi connectivity index (χ3n) is 4.97. The van der Waals surface area contributed by atoms with E-state index in [1.165, 1.54) is 10.6 Å². The number of amides is 1. The summed E-state index contributed by atoms with van der Waals surface area (Å²) in [5.41, 5.74) is 0. The number of carbonyl (C=O) groups is 1. The number of rotatable bonds is 3.